The average Bonchev–Trinajstić information content (AvgIpc) is 3.04. The van der Waals surface area contributed by atoms with E-state index in [1.807, 2.05) is 0 Å². The maximum Gasteiger partial charge on any atom is 0.268 e. The summed E-state index contributed by atoms with van der Waals surface area (Å²) in [5, 5.41) is 6.38. The second-order valence-corrected chi connectivity index (χ2v) is 10.5. The molecule has 4 fully saturated rings. The Morgan fingerprint density at radius 3 is 2.62 bits per heavy atom. The van der Waals surface area contributed by atoms with Crippen LogP contribution < -0.4 is 20.4 Å². The summed E-state index contributed by atoms with van der Waals surface area (Å²) in [6.07, 6.45) is 5.35. The van der Waals surface area contributed by atoms with Crippen LogP contribution in [-0.2, 0) is 14.4 Å². The SMILES string of the molecule is CC(=O)/C(C=O)=C(\C)c1cnc(Nc2ccc(N3C[C@@H]4C[C@H](CC3=O)N4)cn2)nc1N(C)C1CCCC1(F)F. The van der Waals surface area contributed by atoms with Gasteiger partial charge < -0.3 is 20.4 Å². The molecule has 2 aromatic rings. The molecule has 12 heteroatoms. The van der Waals surface area contributed by atoms with Crippen molar-refractivity contribution in [3.8, 4) is 0 Å². The Labute approximate surface area is 224 Å². The third-order valence-corrected chi connectivity index (χ3v) is 7.82. The minimum atomic E-state index is -2.91. The summed E-state index contributed by atoms with van der Waals surface area (Å²) >= 11 is 0. The number of Topliss-reactive ketones (excluding diaryl/α,β-unsaturated/α-hetero) is 1. The van der Waals surface area contributed by atoms with Gasteiger partial charge in [-0.15, -0.1) is 0 Å². The van der Waals surface area contributed by atoms with Crippen LogP contribution in [0.4, 0.5) is 32.1 Å². The van der Waals surface area contributed by atoms with Crippen LogP contribution in [0, 0.1) is 0 Å². The molecule has 1 amide bonds. The van der Waals surface area contributed by atoms with Gasteiger partial charge in [0.15, 0.2) is 12.1 Å². The molecular weight excluding hydrogens is 508 g/mol. The maximum absolute atomic E-state index is 14.7. The van der Waals surface area contributed by atoms with Crippen molar-refractivity contribution in [3.63, 3.8) is 0 Å². The number of hydrogen-bond acceptors (Lipinski definition) is 9. The molecule has 5 heterocycles. The molecule has 39 heavy (non-hydrogen) atoms. The third kappa shape index (κ3) is 5.25. The highest BCUT2D eigenvalue weighted by molar-refractivity contribution is 6.17. The van der Waals surface area contributed by atoms with Gasteiger partial charge in [-0.05, 0) is 50.8 Å². The van der Waals surface area contributed by atoms with E-state index in [1.165, 1.54) is 25.1 Å². The van der Waals surface area contributed by atoms with Gasteiger partial charge in [0.1, 0.15) is 11.6 Å². The van der Waals surface area contributed by atoms with E-state index in [9.17, 15) is 23.2 Å². The van der Waals surface area contributed by atoms with Crippen LogP contribution in [0.25, 0.3) is 5.57 Å². The summed E-state index contributed by atoms with van der Waals surface area (Å²) in [5.41, 5.74) is 1.24. The topological polar surface area (TPSA) is 120 Å². The van der Waals surface area contributed by atoms with E-state index in [-0.39, 0.29) is 48.2 Å². The van der Waals surface area contributed by atoms with Crippen molar-refractivity contribution in [2.75, 3.05) is 28.7 Å². The van der Waals surface area contributed by atoms with Crippen LogP contribution in [0.2, 0.25) is 0 Å². The van der Waals surface area contributed by atoms with E-state index in [0.29, 0.717) is 48.3 Å². The molecule has 0 radical (unpaired) electrons. The number of hydrogen-bond donors (Lipinski definition) is 2. The number of alkyl halides is 2. The Bertz CT molecular complexity index is 1330. The number of carbonyl (C=O) groups excluding carboxylic acids is 3. The first-order chi connectivity index (χ1) is 18.6. The molecule has 0 spiro atoms. The Morgan fingerprint density at radius 2 is 2.00 bits per heavy atom. The predicted molar refractivity (Wildman–Crippen MR) is 142 cm³/mol. The lowest BCUT2D eigenvalue weighted by Gasteiger charge is -2.34. The van der Waals surface area contributed by atoms with Gasteiger partial charge in [-0.1, -0.05) is 0 Å². The molecule has 3 atom stereocenters. The van der Waals surface area contributed by atoms with Gasteiger partial charge in [0.2, 0.25) is 11.9 Å². The Balaban J connectivity index is 1.44. The number of ketones is 1. The van der Waals surface area contributed by atoms with Crippen molar-refractivity contribution in [3.05, 3.63) is 35.7 Å². The molecule has 3 aliphatic heterocycles. The molecule has 6 rings (SSSR count). The van der Waals surface area contributed by atoms with Crippen molar-refractivity contribution < 1.29 is 23.2 Å². The molecule has 0 aromatic carbocycles. The lowest BCUT2D eigenvalue weighted by molar-refractivity contribution is -0.119. The molecule has 2 aromatic heterocycles. The quantitative estimate of drug-likeness (QED) is 0.225. The summed E-state index contributed by atoms with van der Waals surface area (Å²) in [7, 11) is 1.53. The Hall–Kier alpha value is -3.80. The number of pyridine rings is 1. The highest BCUT2D eigenvalue weighted by Crippen LogP contribution is 2.41. The van der Waals surface area contributed by atoms with Gasteiger partial charge in [0, 0.05) is 50.3 Å². The molecule has 10 nitrogen and oxygen atoms in total. The molecular formula is C27H31F2N7O3. The smallest absolute Gasteiger partial charge is 0.268 e. The normalized spacial score (nSPS) is 24.4. The molecule has 4 aliphatic rings. The zero-order valence-corrected chi connectivity index (χ0v) is 22.1. The summed E-state index contributed by atoms with van der Waals surface area (Å²) in [6, 6.07) is 2.92. The number of anilines is 4. The zero-order chi connectivity index (χ0) is 27.9. The number of aromatic nitrogens is 3. The summed E-state index contributed by atoms with van der Waals surface area (Å²) in [5.74, 6) is -2.61. The number of halogens is 2. The number of allylic oxidation sites excluding steroid dienone is 2. The van der Waals surface area contributed by atoms with E-state index in [2.05, 4.69) is 25.6 Å². The summed E-state index contributed by atoms with van der Waals surface area (Å²) in [4.78, 5) is 52.6. The van der Waals surface area contributed by atoms with Gasteiger partial charge in [-0.25, -0.2) is 18.7 Å². The number of nitrogens with zero attached hydrogens (tertiary/aromatic N) is 5. The molecule has 3 saturated heterocycles. The number of aldehydes is 1. The summed E-state index contributed by atoms with van der Waals surface area (Å²) in [6.45, 7) is 3.43. The molecule has 2 N–H and O–H groups in total. The van der Waals surface area contributed by atoms with E-state index in [0.717, 1.165) is 6.42 Å². The van der Waals surface area contributed by atoms with Crippen molar-refractivity contribution in [1.29, 1.82) is 0 Å². The fraction of sp³-hybridized carbons (Fsp3) is 0.481. The Morgan fingerprint density at radius 1 is 1.23 bits per heavy atom. The van der Waals surface area contributed by atoms with Crippen LogP contribution in [0.5, 0.6) is 0 Å². The van der Waals surface area contributed by atoms with Gasteiger partial charge in [0.25, 0.3) is 5.92 Å². The minimum Gasteiger partial charge on any atom is -0.350 e. The largest absolute Gasteiger partial charge is 0.350 e. The molecule has 1 saturated carbocycles. The standard InChI is InChI=1S/C27H31F2N7O3/c1-15(21(14-37)16(2)38)20-12-31-26(34-25(20)35(3)22-5-4-8-27(22,28)29)33-23-7-6-19(11-30-23)36-13-18-9-17(32-18)10-24(36)39/h6-7,11-12,14,17-18,22,32H,4-5,8-10,13H2,1-3H3,(H,30,31,33,34)/b21-15+/t17-,18+,22?/m1/s1. The van der Waals surface area contributed by atoms with E-state index >= 15 is 0 Å². The van der Waals surface area contributed by atoms with Crippen LogP contribution >= 0.6 is 0 Å². The van der Waals surface area contributed by atoms with Crippen LogP contribution in [0.15, 0.2) is 30.1 Å². The van der Waals surface area contributed by atoms with Crippen LogP contribution in [0.1, 0.15) is 51.5 Å². The monoisotopic (exact) mass is 539 g/mol. The van der Waals surface area contributed by atoms with Crippen LogP contribution in [-0.4, -0.2) is 70.6 Å². The van der Waals surface area contributed by atoms with E-state index in [1.54, 1.807) is 30.2 Å². The second kappa shape index (κ2) is 10.4. The number of carbonyl (C=O) groups is 3. The zero-order valence-electron chi connectivity index (χ0n) is 22.1. The first-order valence-corrected chi connectivity index (χ1v) is 13.0. The van der Waals surface area contributed by atoms with E-state index in [4.69, 9.17) is 0 Å². The number of nitrogens with one attached hydrogen (secondary N) is 2. The van der Waals surface area contributed by atoms with Gasteiger partial charge in [0.05, 0.1) is 23.5 Å². The highest BCUT2D eigenvalue weighted by Gasteiger charge is 2.47. The predicted octanol–water partition coefficient (Wildman–Crippen LogP) is 3.27. The van der Waals surface area contributed by atoms with Gasteiger partial charge >= 0.3 is 0 Å². The van der Waals surface area contributed by atoms with Crippen molar-refractivity contribution in [2.45, 2.75) is 70.0 Å². The fourth-order valence-electron chi connectivity index (χ4n) is 5.63. The maximum atomic E-state index is 14.7. The first-order valence-electron chi connectivity index (χ1n) is 13.0. The van der Waals surface area contributed by atoms with Crippen molar-refractivity contribution >= 4 is 46.8 Å². The second-order valence-electron chi connectivity index (χ2n) is 10.5. The average molecular weight is 540 g/mol. The molecule has 2 bridgehead atoms. The highest BCUT2D eigenvalue weighted by atomic mass is 19.3. The minimum absolute atomic E-state index is 0.0500. The Kier molecular flexibility index (Phi) is 7.15. The summed E-state index contributed by atoms with van der Waals surface area (Å²) < 4.78 is 29.4. The van der Waals surface area contributed by atoms with Gasteiger partial charge in [-0.2, -0.15) is 4.98 Å². The number of rotatable bonds is 8. The number of amides is 1. The van der Waals surface area contributed by atoms with Gasteiger partial charge in [-0.3, -0.25) is 14.4 Å². The third-order valence-electron chi connectivity index (χ3n) is 7.82. The van der Waals surface area contributed by atoms with Crippen molar-refractivity contribution in [2.24, 2.45) is 0 Å². The van der Waals surface area contributed by atoms with Crippen molar-refractivity contribution in [1.82, 2.24) is 20.3 Å². The lowest BCUT2D eigenvalue weighted by Crippen LogP contribution is -2.53. The first kappa shape index (κ1) is 26.8. The van der Waals surface area contributed by atoms with E-state index < -0.39 is 17.7 Å². The number of fused-ring (bicyclic) bond motifs is 3. The molecule has 1 unspecified atom stereocenters. The molecule has 206 valence electrons. The lowest BCUT2D eigenvalue weighted by atomic mass is 9.96. The molecule has 1 aliphatic carbocycles. The fourth-order valence-corrected chi connectivity index (χ4v) is 5.63. The van der Waals surface area contributed by atoms with Crippen LogP contribution in [0.3, 0.4) is 0 Å².